The van der Waals surface area contributed by atoms with Crippen LogP contribution in [0.25, 0.3) is 0 Å². The highest BCUT2D eigenvalue weighted by Gasteiger charge is 2.35. The molecule has 0 saturated heterocycles. The topological polar surface area (TPSA) is 9.23 Å². The van der Waals surface area contributed by atoms with E-state index >= 15 is 0 Å². The van der Waals surface area contributed by atoms with E-state index in [4.69, 9.17) is 4.74 Å². The average molecular weight is 387 g/mol. The van der Waals surface area contributed by atoms with E-state index in [0.29, 0.717) is 17.9 Å². The maximum absolute atomic E-state index is 13.5. The molecule has 27 heavy (non-hydrogen) atoms. The summed E-state index contributed by atoms with van der Waals surface area (Å²) in [5.41, 5.74) is 0.303. The maximum Gasteiger partial charge on any atom is 0.194 e. The molecule has 1 nitrogen and oxygen atoms in total. The monoisotopic (exact) mass is 386 g/mol. The van der Waals surface area contributed by atoms with Crippen molar-refractivity contribution < 1.29 is 17.9 Å². The van der Waals surface area contributed by atoms with Crippen LogP contribution in [0.4, 0.5) is 13.2 Å². The van der Waals surface area contributed by atoms with E-state index in [1.54, 1.807) is 7.11 Å². The Hall–Kier alpha value is -1.03. The van der Waals surface area contributed by atoms with Gasteiger partial charge in [-0.3, -0.25) is 0 Å². The molecule has 1 unspecified atom stereocenters. The molecule has 156 valence electrons. The summed E-state index contributed by atoms with van der Waals surface area (Å²) in [5, 5.41) is 0. The van der Waals surface area contributed by atoms with Crippen LogP contribution in [-0.4, -0.2) is 12.7 Å². The molecule has 0 fully saturated rings. The van der Waals surface area contributed by atoms with Crippen LogP contribution >= 0.6 is 0 Å². The summed E-state index contributed by atoms with van der Waals surface area (Å²) in [6.45, 7) is 6.49. The lowest BCUT2D eigenvalue weighted by atomic mass is 9.76. The number of halogens is 3. The van der Waals surface area contributed by atoms with E-state index in [1.807, 2.05) is 0 Å². The van der Waals surface area contributed by atoms with Gasteiger partial charge in [-0.2, -0.15) is 0 Å². The van der Waals surface area contributed by atoms with Crippen molar-refractivity contribution in [3.63, 3.8) is 0 Å². The van der Waals surface area contributed by atoms with Crippen molar-refractivity contribution in [2.24, 2.45) is 5.92 Å². The van der Waals surface area contributed by atoms with Gasteiger partial charge in [0.25, 0.3) is 0 Å². The molecule has 0 saturated carbocycles. The summed E-state index contributed by atoms with van der Waals surface area (Å²) in [5.74, 6) is -3.29. The van der Waals surface area contributed by atoms with Gasteiger partial charge in [0.2, 0.25) is 0 Å². The number of benzene rings is 1. The van der Waals surface area contributed by atoms with Gasteiger partial charge in [0.15, 0.2) is 17.5 Å². The highest BCUT2D eigenvalue weighted by Crippen LogP contribution is 2.36. The fourth-order valence-corrected chi connectivity index (χ4v) is 4.22. The third-order valence-corrected chi connectivity index (χ3v) is 6.08. The fourth-order valence-electron chi connectivity index (χ4n) is 4.22. The van der Waals surface area contributed by atoms with Crippen molar-refractivity contribution in [1.29, 1.82) is 0 Å². The number of aryl methyl sites for hydroxylation is 1. The average Bonchev–Trinajstić information content (AvgIpc) is 2.67. The summed E-state index contributed by atoms with van der Waals surface area (Å²) in [6, 6.07) is 2.24. The molecule has 1 aromatic carbocycles. The van der Waals surface area contributed by atoms with Gasteiger partial charge in [0.1, 0.15) is 0 Å². The number of rotatable bonds is 14. The first-order valence-corrected chi connectivity index (χ1v) is 10.6. The molecule has 0 heterocycles. The van der Waals surface area contributed by atoms with Gasteiger partial charge in [-0.1, -0.05) is 59.3 Å². The first kappa shape index (κ1) is 24.0. The van der Waals surface area contributed by atoms with Gasteiger partial charge in [-0.25, -0.2) is 13.2 Å². The number of ether oxygens (including phenoxy) is 1. The van der Waals surface area contributed by atoms with Crippen LogP contribution in [0, 0.1) is 23.4 Å². The molecule has 0 aliphatic heterocycles. The summed E-state index contributed by atoms with van der Waals surface area (Å²) in [6.07, 6.45) is 11.6. The predicted molar refractivity (Wildman–Crippen MR) is 106 cm³/mol. The molecule has 0 aromatic heterocycles. The molecular formula is C23H37F3O. The predicted octanol–water partition coefficient (Wildman–Crippen LogP) is 7.61. The van der Waals surface area contributed by atoms with Gasteiger partial charge in [-0.15, -0.1) is 0 Å². The molecule has 4 heteroatoms. The van der Waals surface area contributed by atoms with E-state index in [9.17, 15) is 13.2 Å². The number of hydrogen-bond donors (Lipinski definition) is 0. The number of hydrogen-bond acceptors (Lipinski definition) is 1. The second-order valence-electron chi connectivity index (χ2n) is 7.64. The minimum atomic E-state index is -1.39. The van der Waals surface area contributed by atoms with E-state index in [0.717, 1.165) is 44.2 Å². The van der Waals surface area contributed by atoms with Crippen LogP contribution in [0.2, 0.25) is 0 Å². The SMILES string of the molecule is CCCCCCCCC(CCc1cc(F)c(F)c(F)c1)C(CC)(CC)OC. The van der Waals surface area contributed by atoms with Gasteiger partial charge < -0.3 is 4.74 Å². The first-order chi connectivity index (χ1) is 12.9. The molecule has 0 aliphatic carbocycles. The zero-order valence-corrected chi connectivity index (χ0v) is 17.6. The normalized spacial score (nSPS) is 13.1. The summed E-state index contributed by atoms with van der Waals surface area (Å²) < 4.78 is 46.1. The van der Waals surface area contributed by atoms with E-state index in [1.165, 1.54) is 32.1 Å². The van der Waals surface area contributed by atoms with Crippen LogP contribution in [0.15, 0.2) is 12.1 Å². The molecule has 0 amide bonds. The van der Waals surface area contributed by atoms with Gasteiger partial charge >= 0.3 is 0 Å². The Morgan fingerprint density at radius 2 is 1.41 bits per heavy atom. The quantitative estimate of drug-likeness (QED) is 0.236. The lowest BCUT2D eigenvalue weighted by Gasteiger charge is -2.39. The second-order valence-corrected chi connectivity index (χ2v) is 7.64. The van der Waals surface area contributed by atoms with Crippen LogP contribution in [-0.2, 0) is 11.2 Å². The molecular weight excluding hydrogens is 349 g/mol. The van der Waals surface area contributed by atoms with Crippen molar-refractivity contribution in [2.45, 2.75) is 97.0 Å². The molecule has 0 spiro atoms. The minimum absolute atomic E-state index is 0.208. The third-order valence-electron chi connectivity index (χ3n) is 6.08. The molecule has 1 atom stereocenters. The van der Waals surface area contributed by atoms with Crippen LogP contribution in [0.5, 0.6) is 0 Å². The molecule has 0 radical (unpaired) electrons. The van der Waals surface area contributed by atoms with Crippen molar-refractivity contribution in [2.75, 3.05) is 7.11 Å². The Balaban J connectivity index is 2.76. The van der Waals surface area contributed by atoms with Crippen molar-refractivity contribution in [1.82, 2.24) is 0 Å². The van der Waals surface area contributed by atoms with Gasteiger partial charge in [-0.05, 0) is 55.7 Å². The van der Waals surface area contributed by atoms with Crippen LogP contribution in [0.3, 0.4) is 0 Å². The maximum atomic E-state index is 13.5. The van der Waals surface area contributed by atoms with Gasteiger partial charge in [0.05, 0.1) is 5.60 Å². The number of unbranched alkanes of at least 4 members (excludes halogenated alkanes) is 5. The Kier molecular flexibility index (Phi) is 11.1. The lowest BCUT2D eigenvalue weighted by molar-refractivity contribution is -0.0704. The molecule has 1 aromatic rings. The molecule has 0 N–H and O–H groups in total. The Morgan fingerprint density at radius 3 is 1.93 bits per heavy atom. The first-order valence-electron chi connectivity index (χ1n) is 10.6. The van der Waals surface area contributed by atoms with Crippen molar-refractivity contribution in [3.8, 4) is 0 Å². The zero-order chi connectivity index (χ0) is 20.3. The van der Waals surface area contributed by atoms with Crippen LogP contribution in [0.1, 0.15) is 90.5 Å². The molecule has 1 rings (SSSR count). The number of methoxy groups -OCH3 is 1. The highest BCUT2D eigenvalue weighted by molar-refractivity contribution is 5.19. The second kappa shape index (κ2) is 12.4. The largest absolute Gasteiger partial charge is 0.378 e. The third kappa shape index (κ3) is 7.14. The highest BCUT2D eigenvalue weighted by atomic mass is 19.2. The Morgan fingerprint density at radius 1 is 0.852 bits per heavy atom. The molecule has 0 bridgehead atoms. The summed E-state index contributed by atoms with van der Waals surface area (Å²) >= 11 is 0. The summed E-state index contributed by atoms with van der Waals surface area (Å²) in [7, 11) is 1.76. The smallest absolute Gasteiger partial charge is 0.194 e. The summed E-state index contributed by atoms with van der Waals surface area (Å²) in [4.78, 5) is 0. The lowest BCUT2D eigenvalue weighted by Crippen LogP contribution is -2.39. The van der Waals surface area contributed by atoms with E-state index in [2.05, 4.69) is 20.8 Å². The zero-order valence-electron chi connectivity index (χ0n) is 17.6. The van der Waals surface area contributed by atoms with Crippen molar-refractivity contribution in [3.05, 3.63) is 35.1 Å². The standard InChI is InChI=1S/C23H37F3O/c1-5-8-9-10-11-12-13-19(23(6-2,7-3)27-4)15-14-18-16-20(24)22(26)21(25)17-18/h16-17,19H,5-15H2,1-4H3. The van der Waals surface area contributed by atoms with E-state index in [-0.39, 0.29) is 5.60 Å². The van der Waals surface area contributed by atoms with Crippen molar-refractivity contribution >= 4 is 0 Å². The minimum Gasteiger partial charge on any atom is -0.378 e. The van der Waals surface area contributed by atoms with Gasteiger partial charge in [0, 0.05) is 7.11 Å². The molecule has 0 aliphatic rings. The fraction of sp³-hybridized carbons (Fsp3) is 0.739. The Labute approximate surface area is 163 Å². The Bertz CT molecular complexity index is 509. The van der Waals surface area contributed by atoms with E-state index < -0.39 is 17.5 Å². The van der Waals surface area contributed by atoms with Crippen LogP contribution < -0.4 is 0 Å².